The van der Waals surface area contributed by atoms with Crippen molar-refractivity contribution in [3.63, 3.8) is 0 Å². The number of nitrogens with zero attached hydrogens (tertiary/aromatic N) is 1. The molecule has 0 radical (unpaired) electrons. The van der Waals surface area contributed by atoms with Crippen molar-refractivity contribution in [1.82, 2.24) is 5.32 Å². The van der Waals surface area contributed by atoms with Gasteiger partial charge in [0, 0.05) is 0 Å². The first-order chi connectivity index (χ1) is 17.4. The fourth-order valence-electron chi connectivity index (χ4n) is 3.49. The number of urea groups is 1. The Labute approximate surface area is 206 Å². The summed E-state index contributed by atoms with van der Waals surface area (Å²) in [5.41, 5.74) is 0.830. The molecule has 0 bridgehead atoms. The summed E-state index contributed by atoms with van der Waals surface area (Å²) in [5.74, 6) is -1.19. The maximum atomic E-state index is 13.1. The number of methoxy groups -OCH3 is 1. The molecule has 4 amide bonds. The first kappa shape index (κ1) is 24.2. The van der Waals surface area contributed by atoms with Gasteiger partial charge in [-0.05, 0) is 67.1 Å². The largest absolute Gasteiger partial charge is 0.497 e. The van der Waals surface area contributed by atoms with Crippen LogP contribution in [0, 0.1) is 0 Å². The van der Waals surface area contributed by atoms with Crippen LogP contribution in [0.2, 0.25) is 0 Å². The number of imide groups is 2. The molecule has 36 heavy (non-hydrogen) atoms. The van der Waals surface area contributed by atoms with Crippen LogP contribution in [-0.2, 0) is 9.59 Å². The second-order valence-electron chi connectivity index (χ2n) is 7.55. The molecule has 1 aliphatic rings. The molecule has 0 saturated carbocycles. The van der Waals surface area contributed by atoms with E-state index < -0.39 is 23.8 Å². The predicted octanol–water partition coefficient (Wildman–Crippen LogP) is 3.98. The summed E-state index contributed by atoms with van der Waals surface area (Å²) in [6.07, 6.45) is 1.34. The van der Waals surface area contributed by atoms with Gasteiger partial charge in [-0.3, -0.25) is 14.9 Å². The van der Waals surface area contributed by atoms with Crippen molar-refractivity contribution in [3.8, 4) is 17.2 Å². The molecule has 3 aromatic rings. The molecule has 9 heteroatoms. The SMILES string of the molecule is CCOc1cc(/C=C2\C(=O)NC(=O)N(c3ccc(OC)cc3)C2=O)ccc1OC(=O)c1ccccc1. The van der Waals surface area contributed by atoms with Crippen molar-refractivity contribution in [2.45, 2.75) is 6.92 Å². The molecule has 1 fully saturated rings. The Morgan fingerprint density at radius 3 is 2.33 bits per heavy atom. The van der Waals surface area contributed by atoms with Gasteiger partial charge in [0.1, 0.15) is 11.3 Å². The second-order valence-corrected chi connectivity index (χ2v) is 7.55. The van der Waals surface area contributed by atoms with Crippen molar-refractivity contribution in [1.29, 1.82) is 0 Å². The number of benzene rings is 3. The number of rotatable bonds is 7. The van der Waals surface area contributed by atoms with E-state index in [0.717, 1.165) is 4.90 Å². The Morgan fingerprint density at radius 1 is 0.944 bits per heavy atom. The summed E-state index contributed by atoms with van der Waals surface area (Å²) in [6.45, 7) is 2.06. The molecule has 0 aliphatic carbocycles. The average Bonchev–Trinajstić information content (AvgIpc) is 2.89. The lowest BCUT2D eigenvalue weighted by molar-refractivity contribution is -0.122. The Hall–Kier alpha value is -4.92. The number of nitrogens with one attached hydrogen (secondary N) is 1. The lowest BCUT2D eigenvalue weighted by Gasteiger charge is -2.26. The molecule has 1 saturated heterocycles. The van der Waals surface area contributed by atoms with Gasteiger partial charge in [-0.1, -0.05) is 24.3 Å². The van der Waals surface area contributed by atoms with E-state index in [4.69, 9.17) is 14.2 Å². The molecule has 3 aromatic carbocycles. The van der Waals surface area contributed by atoms with Gasteiger partial charge in [-0.15, -0.1) is 0 Å². The van der Waals surface area contributed by atoms with E-state index in [2.05, 4.69) is 5.32 Å². The van der Waals surface area contributed by atoms with Crippen LogP contribution >= 0.6 is 0 Å². The average molecular weight is 486 g/mol. The highest BCUT2D eigenvalue weighted by Crippen LogP contribution is 2.31. The third kappa shape index (κ3) is 5.10. The van der Waals surface area contributed by atoms with Crippen molar-refractivity contribution in [2.24, 2.45) is 0 Å². The van der Waals surface area contributed by atoms with E-state index >= 15 is 0 Å². The molecular formula is C27H22N2O7. The first-order valence-corrected chi connectivity index (χ1v) is 11.0. The molecule has 4 rings (SSSR count). The minimum atomic E-state index is -0.856. The predicted molar refractivity (Wildman–Crippen MR) is 131 cm³/mol. The van der Waals surface area contributed by atoms with Crippen LogP contribution in [0.4, 0.5) is 10.5 Å². The van der Waals surface area contributed by atoms with Gasteiger partial charge in [-0.2, -0.15) is 0 Å². The highest BCUT2D eigenvalue weighted by atomic mass is 16.6. The topological polar surface area (TPSA) is 111 Å². The monoisotopic (exact) mass is 486 g/mol. The molecule has 0 atom stereocenters. The van der Waals surface area contributed by atoms with Gasteiger partial charge in [0.2, 0.25) is 0 Å². The minimum absolute atomic E-state index is 0.183. The number of amides is 4. The number of barbiturate groups is 1. The molecule has 182 valence electrons. The number of anilines is 1. The number of ether oxygens (including phenoxy) is 3. The van der Waals surface area contributed by atoms with Gasteiger partial charge >= 0.3 is 12.0 Å². The Kier molecular flexibility index (Phi) is 7.10. The zero-order valence-electron chi connectivity index (χ0n) is 19.5. The van der Waals surface area contributed by atoms with Crippen molar-refractivity contribution in [3.05, 3.63) is 89.5 Å². The molecule has 1 heterocycles. The van der Waals surface area contributed by atoms with Crippen molar-refractivity contribution >= 4 is 35.6 Å². The van der Waals surface area contributed by atoms with E-state index in [1.807, 2.05) is 0 Å². The molecule has 0 spiro atoms. The lowest BCUT2D eigenvalue weighted by Crippen LogP contribution is -2.54. The third-order valence-corrected chi connectivity index (χ3v) is 5.22. The standard InChI is InChI=1S/C27H22N2O7/c1-3-35-23-16-17(9-14-22(23)36-26(32)18-7-5-4-6-8-18)15-21-24(30)28-27(33)29(25(21)31)19-10-12-20(34-2)13-11-19/h4-16H,3H2,1-2H3,(H,28,30,33)/b21-15+. The number of carbonyl (C=O) groups is 4. The van der Waals surface area contributed by atoms with E-state index in [9.17, 15) is 19.2 Å². The zero-order valence-corrected chi connectivity index (χ0v) is 19.5. The van der Waals surface area contributed by atoms with Crippen LogP contribution in [0.25, 0.3) is 6.08 Å². The Morgan fingerprint density at radius 2 is 1.67 bits per heavy atom. The third-order valence-electron chi connectivity index (χ3n) is 5.22. The molecular weight excluding hydrogens is 464 g/mol. The summed E-state index contributed by atoms with van der Waals surface area (Å²) in [7, 11) is 1.50. The van der Waals surface area contributed by atoms with Crippen LogP contribution < -0.4 is 24.4 Å². The van der Waals surface area contributed by atoms with Crippen LogP contribution in [0.5, 0.6) is 17.2 Å². The summed E-state index contributed by atoms with van der Waals surface area (Å²) < 4.78 is 16.2. The fourth-order valence-corrected chi connectivity index (χ4v) is 3.49. The molecule has 9 nitrogen and oxygen atoms in total. The summed E-state index contributed by atoms with van der Waals surface area (Å²) in [6, 6.07) is 18.5. The number of hydrogen-bond donors (Lipinski definition) is 1. The second kappa shape index (κ2) is 10.6. The van der Waals surface area contributed by atoms with E-state index in [-0.39, 0.29) is 29.4 Å². The van der Waals surface area contributed by atoms with E-state index in [1.54, 1.807) is 61.5 Å². The number of hydrogen-bond acceptors (Lipinski definition) is 7. The van der Waals surface area contributed by atoms with Crippen LogP contribution in [0.15, 0.2) is 78.4 Å². The van der Waals surface area contributed by atoms with E-state index in [0.29, 0.717) is 16.9 Å². The van der Waals surface area contributed by atoms with Gasteiger partial charge in [0.25, 0.3) is 11.8 Å². The Bertz CT molecular complexity index is 1350. The summed E-state index contributed by atoms with van der Waals surface area (Å²) in [5, 5.41) is 2.18. The van der Waals surface area contributed by atoms with Gasteiger partial charge in [-0.25, -0.2) is 14.5 Å². The van der Waals surface area contributed by atoms with E-state index in [1.165, 1.54) is 31.4 Å². The molecule has 1 aliphatic heterocycles. The van der Waals surface area contributed by atoms with Crippen molar-refractivity contribution in [2.75, 3.05) is 18.6 Å². The molecule has 0 unspecified atom stereocenters. The highest BCUT2D eigenvalue weighted by molar-refractivity contribution is 6.39. The van der Waals surface area contributed by atoms with Crippen LogP contribution in [0.3, 0.4) is 0 Å². The van der Waals surface area contributed by atoms with Gasteiger partial charge in [0.15, 0.2) is 11.5 Å². The van der Waals surface area contributed by atoms with Gasteiger partial charge in [0.05, 0.1) is 25.0 Å². The number of esters is 1. The van der Waals surface area contributed by atoms with Crippen molar-refractivity contribution < 1.29 is 33.4 Å². The quantitative estimate of drug-likeness (QED) is 0.233. The fraction of sp³-hybridized carbons (Fsp3) is 0.111. The minimum Gasteiger partial charge on any atom is -0.497 e. The molecule has 0 aromatic heterocycles. The highest BCUT2D eigenvalue weighted by Gasteiger charge is 2.36. The maximum Gasteiger partial charge on any atom is 0.343 e. The zero-order chi connectivity index (χ0) is 25.7. The summed E-state index contributed by atoms with van der Waals surface area (Å²) >= 11 is 0. The lowest BCUT2D eigenvalue weighted by atomic mass is 10.1. The summed E-state index contributed by atoms with van der Waals surface area (Å²) in [4.78, 5) is 51.4. The first-order valence-electron chi connectivity index (χ1n) is 11.0. The van der Waals surface area contributed by atoms with Crippen LogP contribution in [0.1, 0.15) is 22.8 Å². The smallest absolute Gasteiger partial charge is 0.343 e. The molecule has 1 N–H and O–H groups in total. The Balaban J connectivity index is 1.63. The van der Waals surface area contributed by atoms with Crippen LogP contribution in [-0.4, -0.2) is 37.5 Å². The maximum absolute atomic E-state index is 13.1. The normalized spacial score (nSPS) is 14.4. The number of carbonyl (C=O) groups excluding carboxylic acids is 4. The van der Waals surface area contributed by atoms with Gasteiger partial charge < -0.3 is 14.2 Å².